The number of ketones is 1. The van der Waals surface area contributed by atoms with Gasteiger partial charge in [0.05, 0.1) is 6.04 Å². The van der Waals surface area contributed by atoms with Crippen molar-refractivity contribution in [1.82, 2.24) is 0 Å². The lowest BCUT2D eigenvalue weighted by Gasteiger charge is -2.18. The number of Topliss-reactive ketones (excluding diaryl/α,β-unsaturated/α-hetero) is 1. The average Bonchev–Trinajstić information content (AvgIpc) is 2.26. The molecule has 0 bridgehead atoms. The molecule has 0 aromatic carbocycles. The monoisotopic (exact) mass is 219 g/mol. The Balaban J connectivity index is 2.84. The first kappa shape index (κ1) is 12.9. The van der Waals surface area contributed by atoms with Crippen molar-refractivity contribution in [2.75, 3.05) is 0 Å². The first-order valence-corrected chi connectivity index (χ1v) is 5.84. The summed E-state index contributed by atoms with van der Waals surface area (Å²) in [5.41, 5.74) is 9.66. The van der Waals surface area contributed by atoms with Crippen LogP contribution >= 0.6 is 0 Å². The zero-order chi connectivity index (χ0) is 12.1. The summed E-state index contributed by atoms with van der Waals surface area (Å²) in [6.07, 6.45) is 9.27. The SMILES string of the molecule is C/C=C(/CC(N)C(C)=O)C1=C(C)CCC=C1. The third-order valence-electron chi connectivity index (χ3n) is 3.09. The van der Waals surface area contributed by atoms with Gasteiger partial charge in [0.1, 0.15) is 5.78 Å². The molecule has 2 heteroatoms. The number of nitrogens with two attached hydrogens (primary N) is 1. The van der Waals surface area contributed by atoms with Crippen molar-refractivity contribution in [3.05, 3.63) is 34.9 Å². The first-order valence-electron chi connectivity index (χ1n) is 5.84. The molecule has 1 unspecified atom stereocenters. The third-order valence-corrected chi connectivity index (χ3v) is 3.09. The van der Waals surface area contributed by atoms with E-state index in [2.05, 4.69) is 25.2 Å². The standard InChI is InChI=1S/C14H21NO/c1-4-12(9-14(15)11(3)16)13-8-6-5-7-10(13)2/h4,6,8,14H,5,7,9,15H2,1-3H3/b12-4-. The number of allylic oxidation sites excluding steroid dienone is 5. The number of carbonyl (C=O) groups is 1. The van der Waals surface area contributed by atoms with Crippen molar-refractivity contribution in [3.63, 3.8) is 0 Å². The van der Waals surface area contributed by atoms with Gasteiger partial charge < -0.3 is 5.73 Å². The fourth-order valence-electron chi connectivity index (χ4n) is 1.92. The van der Waals surface area contributed by atoms with E-state index in [0.29, 0.717) is 6.42 Å². The Morgan fingerprint density at radius 3 is 2.81 bits per heavy atom. The summed E-state index contributed by atoms with van der Waals surface area (Å²) in [6, 6.07) is -0.373. The highest BCUT2D eigenvalue weighted by atomic mass is 16.1. The van der Waals surface area contributed by atoms with Crippen LogP contribution in [0.2, 0.25) is 0 Å². The molecular weight excluding hydrogens is 198 g/mol. The van der Waals surface area contributed by atoms with Gasteiger partial charge >= 0.3 is 0 Å². The van der Waals surface area contributed by atoms with E-state index in [0.717, 1.165) is 12.8 Å². The summed E-state index contributed by atoms with van der Waals surface area (Å²) in [7, 11) is 0. The van der Waals surface area contributed by atoms with Crippen LogP contribution in [-0.4, -0.2) is 11.8 Å². The van der Waals surface area contributed by atoms with Crippen LogP contribution < -0.4 is 5.73 Å². The zero-order valence-electron chi connectivity index (χ0n) is 10.4. The Morgan fingerprint density at radius 1 is 1.62 bits per heavy atom. The van der Waals surface area contributed by atoms with Crippen LogP contribution in [0.25, 0.3) is 0 Å². The molecule has 0 aliphatic heterocycles. The maximum Gasteiger partial charge on any atom is 0.146 e. The molecular formula is C14H21NO. The van der Waals surface area contributed by atoms with E-state index in [1.54, 1.807) is 6.92 Å². The molecule has 1 aliphatic carbocycles. The predicted molar refractivity (Wildman–Crippen MR) is 68.1 cm³/mol. The van der Waals surface area contributed by atoms with Crippen LogP contribution in [0, 0.1) is 0 Å². The summed E-state index contributed by atoms with van der Waals surface area (Å²) in [5.74, 6) is 0.0531. The van der Waals surface area contributed by atoms with E-state index < -0.39 is 0 Å². The molecule has 88 valence electrons. The molecule has 1 atom stereocenters. The molecule has 0 fully saturated rings. The topological polar surface area (TPSA) is 43.1 Å². The van der Waals surface area contributed by atoms with Crippen LogP contribution in [0.1, 0.15) is 40.0 Å². The van der Waals surface area contributed by atoms with Gasteiger partial charge in [0.2, 0.25) is 0 Å². The van der Waals surface area contributed by atoms with Crippen LogP contribution in [-0.2, 0) is 4.79 Å². The number of carbonyl (C=O) groups excluding carboxylic acids is 1. The Labute approximate surface area is 97.9 Å². The normalized spacial score (nSPS) is 18.9. The molecule has 0 saturated heterocycles. The molecule has 0 spiro atoms. The lowest BCUT2D eigenvalue weighted by molar-refractivity contribution is -0.118. The lowest BCUT2D eigenvalue weighted by atomic mass is 9.89. The Kier molecular flexibility index (Phi) is 4.69. The highest BCUT2D eigenvalue weighted by Crippen LogP contribution is 2.27. The highest BCUT2D eigenvalue weighted by molar-refractivity contribution is 5.81. The molecule has 0 aromatic rings. The zero-order valence-corrected chi connectivity index (χ0v) is 10.4. The maximum atomic E-state index is 11.2. The lowest BCUT2D eigenvalue weighted by Crippen LogP contribution is -2.28. The van der Waals surface area contributed by atoms with Crippen LogP contribution in [0.4, 0.5) is 0 Å². The minimum atomic E-state index is -0.373. The van der Waals surface area contributed by atoms with E-state index in [1.807, 2.05) is 6.92 Å². The van der Waals surface area contributed by atoms with Crippen molar-refractivity contribution >= 4 is 5.78 Å². The van der Waals surface area contributed by atoms with Gasteiger partial charge in [-0.25, -0.2) is 0 Å². The Morgan fingerprint density at radius 2 is 2.31 bits per heavy atom. The van der Waals surface area contributed by atoms with Crippen molar-refractivity contribution < 1.29 is 4.79 Å². The first-order chi connectivity index (χ1) is 7.56. The van der Waals surface area contributed by atoms with Gasteiger partial charge in [0.25, 0.3) is 0 Å². The van der Waals surface area contributed by atoms with Gasteiger partial charge in [0.15, 0.2) is 0 Å². The van der Waals surface area contributed by atoms with E-state index in [4.69, 9.17) is 5.73 Å². The van der Waals surface area contributed by atoms with Crippen molar-refractivity contribution in [2.45, 2.75) is 46.1 Å². The van der Waals surface area contributed by atoms with E-state index in [1.165, 1.54) is 16.7 Å². The molecule has 2 nitrogen and oxygen atoms in total. The fourth-order valence-corrected chi connectivity index (χ4v) is 1.92. The average molecular weight is 219 g/mol. The summed E-state index contributed by atoms with van der Waals surface area (Å²) in [5, 5.41) is 0. The molecule has 0 heterocycles. The molecule has 0 saturated carbocycles. The smallest absolute Gasteiger partial charge is 0.146 e. The summed E-state index contributed by atoms with van der Waals surface area (Å²) in [4.78, 5) is 11.2. The molecule has 0 aromatic heterocycles. The second kappa shape index (κ2) is 5.80. The molecule has 1 aliphatic rings. The van der Waals surface area contributed by atoms with Crippen LogP contribution in [0.5, 0.6) is 0 Å². The minimum absolute atomic E-state index is 0.0531. The van der Waals surface area contributed by atoms with Gasteiger partial charge in [-0.05, 0) is 51.2 Å². The van der Waals surface area contributed by atoms with Gasteiger partial charge in [-0.1, -0.05) is 23.8 Å². The largest absolute Gasteiger partial charge is 0.321 e. The van der Waals surface area contributed by atoms with E-state index in [-0.39, 0.29) is 11.8 Å². The number of hydrogen-bond donors (Lipinski definition) is 1. The summed E-state index contributed by atoms with van der Waals surface area (Å²) >= 11 is 0. The minimum Gasteiger partial charge on any atom is -0.321 e. The molecule has 0 amide bonds. The second-order valence-electron chi connectivity index (χ2n) is 4.37. The van der Waals surface area contributed by atoms with Crippen LogP contribution in [0.3, 0.4) is 0 Å². The van der Waals surface area contributed by atoms with Gasteiger partial charge in [-0.3, -0.25) is 4.79 Å². The third kappa shape index (κ3) is 3.17. The number of hydrogen-bond acceptors (Lipinski definition) is 2. The maximum absolute atomic E-state index is 11.2. The van der Waals surface area contributed by atoms with Gasteiger partial charge in [-0.15, -0.1) is 0 Å². The van der Waals surface area contributed by atoms with E-state index in [9.17, 15) is 4.79 Å². The number of rotatable bonds is 4. The summed E-state index contributed by atoms with van der Waals surface area (Å²) < 4.78 is 0. The molecule has 0 radical (unpaired) electrons. The van der Waals surface area contributed by atoms with Gasteiger partial charge in [-0.2, -0.15) is 0 Å². The fraction of sp³-hybridized carbons (Fsp3) is 0.500. The molecule has 2 N–H and O–H groups in total. The molecule has 1 rings (SSSR count). The van der Waals surface area contributed by atoms with Crippen molar-refractivity contribution in [3.8, 4) is 0 Å². The van der Waals surface area contributed by atoms with Crippen molar-refractivity contribution in [1.29, 1.82) is 0 Å². The predicted octanol–water partition coefficient (Wildman–Crippen LogP) is 2.91. The summed E-state index contributed by atoms with van der Waals surface area (Å²) in [6.45, 7) is 5.71. The quantitative estimate of drug-likeness (QED) is 0.790. The van der Waals surface area contributed by atoms with Crippen molar-refractivity contribution in [2.24, 2.45) is 5.73 Å². The highest BCUT2D eigenvalue weighted by Gasteiger charge is 2.14. The Hall–Kier alpha value is -1.15. The van der Waals surface area contributed by atoms with Crippen LogP contribution in [0.15, 0.2) is 34.9 Å². The second-order valence-corrected chi connectivity index (χ2v) is 4.37. The van der Waals surface area contributed by atoms with Gasteiger partial charge in [0, 0.05) is 0 Å². The Bertz CT molecular complexity index is 361. The van der Waals surface area contributed by atoms with E-state index >= 15 is 0 Å². The molecule has 16 heavy (non-hydrogen) atoms.